The van der Waals surface area contributed by atoms with Gasteiger partial charge in [0.05, 0.1) is 12.2 Å². The van der Waals surface area contributed by atoms with Crippen LogP contribution in [0.4, 0.5) is 4.39 Å². The Hall–Kier alpha value is -1.68. The molecular weight excluding hydrogens is 520 g/mol. The third-order valence-electron chi connectivity index (χ3n) is 6.81. The van der Waals surface area contributed by atoms with E-state index in [4.69, 9.17) is 4.42 Å². The topological polar surface area (TPSA) is 65.7 Å². The zero-order valence-corrected chi connectivity index (χ0v) is 21.6. The van der Waals surface area contributed by atoms with E-state index in [9.17, 15) is 4.39 Å². The van der Waals surface area contributed by atoms with Crippen LogP contribution in [0.1, 0.15) is 48.6 Å². The molecule has 1 aromatic heterocycles. The Labute approximate surface area is 207 Å². The predicted octanol–water partition coefficient (Wildman–Crippen LogP) is 4.16. The smallest absolute Gasteiger partial charge is 0.208 e. The van der Waals surface area contributed by atoms with Gasteiger partial charge in [0.15, 0.2) is 5.96 Å². The number of oxazole rings is 1. The highest BCUT2D eigenvalue weighted by Gasteiger charge is 2.44. The predicted molar refractivity (Wildman–Crippen MR) is 136 cm³/mol. The highest BCUT2D eigenvalue weighted by atomic mass is 127. The molecule has 176 valence electrons. The number of aryl methyl sites for hydroxylation is 2. The third kappa shape index (κ3) is 6.21. The molecule has 0 radical (unpaired) electrons. The van der Waals surface area contributed by atoms with Crippen molar-refractivity contribution in [3.8, 4) is 0 Å². The molecule has 2 aromatic rings. The minimum Gasteiger partial charge on any atom is -0.444 e. The number of aliphatic imine (C=N–C) groups is 1. The van der Waals surface area contributed by atoms with Crippen LogP contribution in [0.3, 0.4) is 0 Å². The molecule has 8 heteroatoms. The number of hydrogen-bond acceptors (Lipinski definition) is 4. The maximum atomic E-state index is 13.6. The number of rotatable bonds is 7. The quantitative estimate of drug-likeness (QED) is 0.305. The van der Waals surface area contributed by atoms with Crippen LogP contribution in [0, 0.1) is 25.6 Å². The second-order valence-electron chi connectivity index (χ2n) is 9.07. The number of likely N-dealkylation sites (tertiary alicyclic amines) is 1. The van der Waals surface area contributed by atoms with Crippen molar-refractivity contribution in [1.82, 2.24) is 20.5 Å². The van der Waals surface area contributed by atoms with Crippen LogP contribution in [-0.2, 0) is 12.0 Å². The van der Waals surface area contributed by atoms with Gasteiger partial charge in [-0.05, 0) is 76.2 Å². The average Bonchev–Trinajstić information content (AvgIpc) is 3.49. The number of nitrogens with zero attached hydrogens (tertiary/aromatic N) is 3. The van der Waals surface area contributed by atoms with Crippen molar-refractivity contribution in [1.29, 1.82) is 0 Å². The van der Waals surface area contributed by atoms with Crippen LogP contribution < -0.4 is 10.6 Å². The van der Waals surface area contributed by atoms with Crippen LogP contribution in [0.2, 0.25) is 0 Å². The monoisotopic (exact) mass is 555 g/mol. The fraction of sp³-hybridized carbons (Fsp3) is 0.583. The van der Waals surface area contributed by atoms with E-state index < -0.39 is 0 Å². The van der Waals surface area contributed by atoms with E-state index in [0.29, 0.717) is 5.92 Å². The van der Waals surface area contributed by atoms with Gasteiger partial charge in [-0.1, -0.05) is 12.1 Å². The van der Waals surface area contributed by atoms with Crippen molar-refractivity contribution in [2.45, 2.75) is 51.5 Å². The number of benzene rings is 1. The standard InChI is InChI=1S/C24H34FN5O.HI/c1-17-18(2)31-22(29-17)15-30-11-7-19(8-12-30)14-27-23(26-3)28-16-24(9-10-24)20-5-4-6-21(25)13-20;/h4-6,13,19H,7-12,14-16H2,1-3H3,(H2,26,27,28);1H. The Kier molecular flexibility index (Phi) is 8.55. The number of aromatic nitrogens is 1. The molecule has 0 unspecified atom stereocenters. The summed E-state index contributed by atoms with van der Waals surface area (Å²) in [4.78, 5) is 11.3. The van der Waals surface area contributed by atoms with Crippen LogP contribution in [0.5, 0.6) is 0 Å². The average molecular weight is 555 g/mol. The van der Waals surface area contributed by atoms with Gasteiger partial charge in [-0.25, -0.2) is 9.37 Å². The summed E-state index contributed by atoms with van der Waals surface area (Å²) in [7, 11) is 1.81. The lowest BCUT2D eigenvalue weighted by molar-refractivity contribution is 0.164. The lowest BCUT2D eigenvalue weighted by atomic mass is 9.96. The van der Waals surface area contributed by atoms with Gasteiger partial charge in [0.25, 0.3) is 0 Å². The first-order valence-corrected chi connectivity index (χ1v) is 11.3. The molecule has 0 bridgehead atoms. The summed E-state index contributed by atoms with van der Waals surface area (Å²) in [6.07, 6.45) is 4.47. The summed E-state index contributed by atoms with van der Waals surface area (Å²) >= 11 is 0. The fourth-order valence-electron chi connectivity index (χ4n) is 4.40. The van der Waals surface area contributed by atoms with Gasteiger partial charge in [-0.3, -0.25) is 9.89 Å². The number of guanidine groups is 1. The Morgan fingerprint density at radius 2 is 2.00 bits per heavy atom. The minimum atomic E-state index is -0.161. The first-order chi connectivity index (χ1) is 15.0. The summed E-state index contributed by atoms with van der Waals surface area (Å²) in [6.45, 7) is 8.56. The van der Waals surface area contributed by atoms with Crippen molar-refractivity contribution >= 4 is 29.9 Å². The minimum absolute atomic E-state index is 0. The van der Waals surface area contributed by atoms with E-state index in [0.717, 1.165) is 87.3 Å². The van der Waals surface area contributed by atoms with E-state index >= 15 is 0 Å². The normalized spacial score (nSPS) is 18.8. The van der Waals surface area contributed by atoms with E-state index in [1.165, 1.54) is 6.07 Å². The van der Waals surface area contributed by atoms with E-state index in [-0.39, 0.29) is 35.2 Å². The molecule has 1 aliphatic heterocycles. The first kappa shape index (κ1) is 25.0. The maximum absolute atomic E-state index is 13.6. The Morgan fingerprint density at radius 3 is 2.59 bits per heavy atom. The van der Waals surface area contributed by atoms with Gasteiger partial charge >= 0.3 is 0 Å². The Balaban J connectivity index is 0.00000289. The van der Waals surface area contributed by atoms with Crippen LogP contribution in [0.15, 0.2) is 33.7 Å². The van der Waals surface area contributed by atoms with Gasteiger partial charge in [-0.15, -0.1) is 24.0 Å². The summed E-state index contributed by atoms with van der Waals surface area (Å²) in [5.41, 5.74) is 2.11. The van der Waals surface area contributed by atoms with Gasteiger partial charge in [-0.2, -0.15) is 0 Å². The number of nitrogens with one attached hydrogen (secondary N) is 2. The van der Waals surface area contributed by atoms with E-state index in [1.54, 1.807) is 19.2 Å². The third-order valence-corrected chi connectivity index (χ3v) is 6.81. The molecule has 1 saturated heterocycles. The maximum Gasteiger partial charge on any atom is 0.208 e. The molecule has 0 atom stereocenters. The first-order valence-electron chi connectivity index (χ1n) is 11.3. The fourth-order valence-corrected chi connectivity index (χ4v) is 4.40. The summed E-state index contributed by atoms with van der Waals surface area (Å²) in [5, 5.41) is 6.96. The molecular formula is C24H35FIN5O. The molecule has 2 heterocycles. The molecule has 4 rings (SSSR count). The number of hydrogen-bond donors (Lipinski definition) is 2. The summed E-state index contributed by atoms with van der Waals surface area (Å²) < 4.78 is 19.3. The van der Waals surface area contributed by atoms with Crippen molar-refractivity contribution in [3.63, 3.8) is 0 Å². The lowest BCUT2D eigenvalue weighted by Gasteiger charge is -2.31. The van der Waals surface area contributed by atoms with Gasteiger partial charge in [0, 0.05) is 25.6 Å². The summed E-state index contributed by atoms with van der Waals surface area (Å²) in [6, 6.07) is 7.00. The molecule has 2 fully saturated rings. The largest absolute Gasteiger partial charge is 0.444 e. The van der Waals surface area contributed by atoms with Gasteiger partial charge in [0.1, 0.15) is 11.6 Å². The zero-order chi connectivity index (χ0) is 21.8. The molecule has 1 aliphatic carbocycles. The SMILES string of the molecule is CN=C(NCC1CCN(Cc2nc(C)c(C)o2)CC1)NCC1(c2cccc(F)c2)CC1.I. The highest BCUT2D eigenvalue weighted by molar-refractivity contribution is 14.0. The zero-order valence-electron chi connectivity index (χ0n) is 19.3. The van der Waals surface area contributed by atoms with E-state index in [1.807, 2.05) is 19.9 Å². The number of piperidine rings is 1. The van der Waals surface area contributed by atoms with Crippen LogP contribution in [-0.4, -0.2) is 49.1 Å². The van der Waals surface area contributed by atoms with Gasteiger partial charge in [0.2, 0.25) is 5.89 Å². The molecule has 2 aliphatic rings. The van der Waals surface area contributed by atoms with Crippen molar-refractivity contribution in [3.05, 3.63) is 53.0 Å². The van der Waals surface area contributed by atoms with Gasteiger partial charge < -0.3 is 15.1 Å². The van der Waals surface area contributed by atoms with E-state index in [2.05, 4.69) is 25.5 Å². The summed E-state index contributed by atoms with van der Waals surface area (Å²) in [5.74, 6) is 3.03. The molecule has 32 heavy (non-hydrogen) atoms. The van der Waals surface area contributed by atoms with Crippen molar-refractivity contribution < 1.29 is 8.81 Å². The van der Waals surface area contributed by atoms with Crippen LogP contribution in [0.25, 0.3) is 0 Å². The van der Waals surface area contributed by atoms with Crippen molar-refractivity contribution in [2.75, 3.05) is 33.2 Å². The second-order valence-corrected chi connectivity index (χ2v) is 9.07. The molecule has 6 nitrogen and oxygen atoms in total. The molecule has 1 aromatic carbocycles. The Morgan fingerprint density at radius 1 is 1.25 bits per heavy atom. The molecule has 1 saturated carbocycles. The second kappa shape index (κ2) is 11.0. The highest BCUT2D eigenvalue weighted by Crippen LogP contribution is 2.47. The molecule has 0 amide bonds. The van der Waals surface area contributed by atoms with Crippen LogP contribution >= 0.6 is 24.0 Å². The number of halogens is 2. The molecule has 0 spiro atoms. The lowest BCUT2D eigenvalue weighted by Crippen LogP contribution is -2.44. The Bertz CT molecular complexity index is 899. The van der Waals surface area contributed by atoms with Crippen molar-refractivity contribution in [2.24, 2.45) is 10.9 Å². The molecule has 2 N–H and O–H groups in total.